The Morgan fingerprint density at radius 2 is 1.67 bits per heavy atom. The van der Waals surface area contributed by atoms with Gasteiger partial charge in [-0.3, -0.25) is 0 Å². The number of alkyl halides is 3. The predicted molar refractivity (Wildman–Crippen MR) is 86.1 cm³/mol. The first-order valence-corrected chi connectivity index (χ1v) is 7.23. The molecule has 0 radical (unpaired) electrons. The van der Waals surface area contributed by atoms with Crippen LogP contribution in [0.2, 0.25) is 0 Å². The third-order valence-electron chi connectivity index (χ3n) is 3.91. The molecule has 0 aromatic heterocycles. The van der Waals surface area contributed by atoms with Crippen LogP contribution < -0.4 is 4.48 Å². The highest BCUT2D eigenvalue weighted by Gasteiger charge is 2.47. The van der Waals surface area contributed by atoms with Crippen molar-refractivity contribution >= 4 is 17.2 Å². The Labute approximate surface area is 137 Å². The van der Waals surface area contributed by atoms with Crippen LogP contribution >= 0.6 is 0 Å². The molecule has 3 nitrogen and oxygen atoms in total. The minimum Gasteiger partial charge on any atom is -0.201 e. The molecule has 2 aromatic carbocycles. The average molecular weight is 328 g/mol. The SMILES string of the molecule is N#CCC1=NC=C[N+]1(c1ccccc1)c1ccccc1C(F)(F)F. The summed E-state index contributed by atoms with van der Waals surface area (Å²) in [6.45, 7) is 0. The maximum Gasteiger partial charge on any atom is 0.422 e. The molecule has 0 bridgehead atoms. The quantitative estimate of drug-likeness (QED) is 0.719. The van der Waals surface area contributed by atoms with E-state index in [9.17, 15) is 13.2 Å². The van der Waals surface area contributed by atoms with Crippen LogP contribution in [0, 0.1) is 11.3 Å². The van der Waals surface area contributed by atoms with Gasteiger partial charge in [0.1, 0.15) is 23.9 Å². The first kappa shape index (κ1) is 16.0. The fourth-order valence-electron chi connectivity index (χ4n) is 2.92. The van der Waals surface area contributed by atoms with Crippen molar-refractivity contribution in [2.75, 3.05) is 0 Å². The summed E-state index contributed by atoms with van der Waals surface area (Å²) in [5, 5.41) is 9.09. The van der Waals surface area contributed by atoms with E-state index in [1.807, 2.05) is 6.07 Å². The van der Waals surface area contributed by atoms with Gasteiger partial charge < -0.3 is 0 Å². The second-order valence-electron chi connectivity index (χ2n) is 5.25. The Morgan fingerprint density at radius 3 is 2.33 bits per heavy atom. The fourth-order valence-corrected chi connectivity index (χ4v) is 2.92. The van der Waals surface area contributed by atoms with Crippen molar-refractivity contribution in [1.29, 1.82) is 5.26 Å². The number of para-hydroxylation sites is 2. The van der Waals surface area contributed by atoms with Crippen LogP contribution in [0.4, 0.5) is 24.5 Å². The number of benzene rings is 2. The van der Waals surface area contributed by atoms with E-state index in [1.54, 1.807) is 42.6 Å². The summed E-state index contributed by atoms with van der Waals surface area (Å²) >= 11 is 0. The van der Waals surface area contributed by atoms with Crippen molar-refractivity contribution in [3.05, 3.63) is 72.6 Å². The molecule has 0 aliphatic carbocycles. The van der Waals surface area contributed by atoms with Crippen LogP contribution in [0.25, 0.3) is 0 Å². The number of hydrogen-bond acceptors (Lipinski definition) is 2. The highest BCUT2D eigenvalue weighted by molar-refractivity contribution is 6.03. The predicted octanol–water partition coefficient (Wildman–Crippen LogP) is 5.14. The smallest absolute Gasteiger partial charge is 0.201 e. The van der Waals surface area contributed by atoms with Gasteiger partial charge in [0.05, 0.1) is 12.3 Å². The minimum absolute atomic E-state index is 0.0268. The zero-order chi connectivity index (χ0) is 17.2. The average Bonchev–Trinajstić information content (AvgIpc) is 3.00. The van der Waals surface area contributed by atoms with E-state index in [2.05, 4.69) is 4.99 Å². The molecule has 0 fully saturated rings. The van der Waals surface area contributed by atoms with E-state index in [4.69, 9.17) is 5.26 Å². The highest BCUT2D eigenvalue weighted by atomic mass is 19.4. The number of nitrogens with zero attached hydrogens (tertiary/aromatic N) is 3. The molecular formula is C18H13F3N3+. The number of hydrogen-bond donors (Lipinski definition) is 0. The van der Waals surface area contributed by atoms with E-state index >= 15 is 0 Å². The summed E-state index contributed by atoms with van der Waals surface area (Å²) < 4.78 is 40.4. The molecule has 2 aromatic rings. The molecule has 0 N–H and O–H groups in total. The summed E-state index contributed by atoms with van der Waals surface area (Å²) in [5.74, 6) is 0.334. The standard InChI is InChI=1S/C18H13F3N3/c19-18(20,21)15-8-4-5-9-16(15)24(14-6-2-1-3-7-14)13-12-23-17(24)10-11-22/h1-9,12-13H,10H2/q+1. The summed E-state index contributed by atoms with van der Waals surface area (Å²) in [4.78, 5) is 4.17. The lowest BCUT2D eigenvalue weighted by Crippen LogP contribution is -2.43. The van der Waals surface area contributed by atoms with Gasteiger partial charge in [0.25, 0.3) is 0 Å². The molecule has 0 spiro atoms. The summed E-state index contributed by atoms with van der Waals surface area (Å²) in [5.41, 5.74) is -0.123. The Morgan fingerprint density at radius 1 is 1.00 bits per heavy atom. The minimum atomic E-state index is -4.51. The summed E-state index contributed by atoms with van der Waals surface area (Å²) in [6.07, 6.45) is -1.56. The van der Waals surface area contributed by atoms with Gasteiger partial charge in [-0.25, -0.2) is 4.99 Å². The number of rotatable bonds is 3. The van der Waals surface area contributed by atoms with Crippen molar-refractivity contribution in [3.63, 3.8) is 0 Å². The van der Waals surface area contributed by atoms with Gasteiger partial charge in [-0.05, 0) is 6.07 Å². The molecule has 1 atom stereocenters. The van der Waals surface area contributed by atoms with Crippen molar-refractivity contribution < 1.29 is 13.2 Å². The molecule has 0 amide bonds. The molecule has 24 heavy (non-hydrogen) atoms. The molecule has 6 heteroatoms. The second kappa shape index (κ2) is 5.95. The molecular weight excluding hydrogens is 315 g/mol. The number of amidine groups is 1. The molecule has 0 saturated heterocycles. The highest BCUT2D eigenvalue weighted by Crippen LogP contribution is 2.46. The Bertz CT molecular complexity index is 848. The molecule has 3 rings (SSSR count). The van der Waals surface area contributed by atoms with Crippen LogP contribution in [-0.2, 0) is 6.18 Å². The van der Waals surface area contributed by atoms with E-state index in [-0.39, 0.29) is 16.6 Å². The lowest BCUT2D eigenvalue weighted by molar-refractivity contribution is -0.137. The van der Waals surface area contributed by atoms with Crippen molar-refractivity contribution in [2.24, 2.45) is 4.99 Å². The van der Waals surface area contributed by atoms with Crippen LogP contribution in [0.5, 0.6) is 0 Å². The van der Waals surface area contributed by atoms with Crippen molar-refractivity contribution in [1.82, 2.24) is 4.48 Å². The van der Waals surface area contributed by atoms with Gasteiger partial charge in [0.15, 0.2) is 5.69 Å². The van der Waals surface area contributed by atoms with Gasteiger partial charge >= 0.3 is 6.18 Å². The monoisotopic (exact) mass is 328 g/mol. The fraction of sp³-hybridized carbons (Fsp3) is 0.111. The lowest BCUT2D eigenvalue weighted by atomic mass is 10.1. The summed E-state index contributed by atoms with van der Waals surface area (Å²) in [7, 11) is 0. The van der Waals surface area contributed by atoms with Gasteiger partial charge in [-0.1, -0.05) is 30.3 Å². The Balaban J connectivity index is 2.32. The molecule has 120 valence electrons. The molecule has 1 unspecified atom stereocenters. The van der Waals surface area contributed by atoms with Crippen LogP contribution in [-0.4, -0.2) is 5.84 Å². The van der Waals surface area contributed by atoms with E-state index in [1.165, 1.54) is 18.3 Å². The Kier molecular flexibility index (Phi) is 3.96. The first-order valence-electron chi connectivity index (χ1n) is 7.23. The van der Waals surface area contributed by atoms with Crippen LogP contribution in [0.3, 0.4) is 0 Å². The van der Waals surface area contributed by atoms with Crippen LogP contribution in [0.1, 0.15) is 12.0 Å². The topological polar surface area (TPSA) is 36.1 Å². The van der Waals surface area contributed by atoms with Gasteiger partial charge in [0.2, 0.25) is 5.84 Å². The maximum absolute atomic E-state index is 13.6. The normalized spacial score (nSPS) is 19.8. The summed E-state index contributed by atoms with van der Waals surface area (Å²) in [6, 6.07) is 16.1. The number of nitriles is 1. The van der Waals surface area contributed by atoms with Crippen molar-refractivity contribution in [2.45, 2.75) is 12.6 Å². The van der Waals surface area contributed by atoms with Gasteiger partial charge in [0, 0.05) is 18.2 Å². The lowest BCUT2D eigenvalue weighted by Gasteiger charge is -2.32. The third kappa shape index (κ3) is 2.49. The molecule has 0 saturated carbocycles. The molecule has 1 aliphatic heterocycles. The van der Waals surface area contributed by atoms with E-state index in [0.717, 1.165) is 6.07 Å². The second-order valence-corrected chi connectivity index (χ2v) is 5.25. The first-order chi connectivity index (χ1) is 11.5. The van der Waals surface area contributed by atoms with Gasteiger partial charge in [-0.2, -0.15) is 22.9 Å². The maximum atomic E-state index is 13.6. The number of halogens is 3. The Hall–Kier alpha value is -2.91. The zero-order valence-electron chi connectivity index (χ0n) is 12.5. The third-order valence-corrected chi connectivity index (χ3v) is 3.91. The largest absolute Gasteiger partial charge is 0.422 e. The van der Waals surface area contributed by atoms with Gasteiger partial charge in [-0.15, -0.1) is 0 Å². The molecule has 1 heterocycles. The van der Waals surface area contributed by atoms with Crippen LogP contribution in [0.15, 0.2) is 72.0 Å². The van der Waals surface area contributed by atoms with E-state index < -0.39 is 11.7 Å². The zero-order valence-corrected chi connectivity index (χ0v) is 12.5. The van der Waals surface area contributed by atoms with E-state index in [0.29, 0.717) is 11.5 Å². The molecule has 1 aliphatic rings. The number of quaternary nitrogens is 1. The number of aliphatic imine (C=N–C) groups is 1. The van der Waals surface area contributed by atoms with Crippen molar-refractivity contribution in [3.8, 4) is 6.07 Å².